The van der Waals surface area contributed by atoms with E-state index in [1.165, 1.54) is 0 Å². The predicted molar refractivity (Wildman–Crippen MR) is 114 cm³/mol. The Hall–Kier alpha value is -1.08. The second kappa shape index (κ2) is 8.85. The van der Waals surface area contributed by atoms with Gasteiger partial charge in [0.2, 0.25) is 0 Å². The summed E-state index contributed by atoms with van der Waals surface area (Å²) < 4.78 is 8.22. The molecule has 0 N–H and O–H groups in total. The van der Waals surface area contributed by atoms with Crippen molar-refractivity contribution in [1.82, 2.24) is 4.90 Å². The largest absolute Gasteiger partial charge is 0.457 e. The molecular weight excluding hydrogens is 479 g/mol. The standard InChI is InChI=1S/C19H22BrIN2O/c1-5-23(6-2)12-22-18-7-14(4)19(8-13(18)3)24-17-10-15(20)9-16(21)11-17/h7-12H,5-6H2,1-4H3/b22-12+. The first-order valence-corrected chi connectivity index (χ1v) is 9.83. The highest BCUT2D eigenvalue weighted by Gasteiger charge is 2.07. The first kappa shape index (κ1) is 19.2. The van der Waals surface area contributed by atoms with Crippen LogP contribution in [-0.4, -0.2) is 24.3 Å². The van der Waals surface area contributed by atoms with Gasteiger partial charge in [-0.25, -0.2) is 4.99 Å². The molecule has 0 aliphatic rings. The molecule has 3 nitrogen and oxygen atoms in total. The van der Waals surface area contributed by atoms with Gasteiger partial charge in [-0.1, -0.05) is 15.9 Å². The van der Waals surface area contributed by atoms with Gasteiger partial charge < -0.3 is 9.64 Å². The molecule has 2 aromatic carbocycles. The second-order valence-electron chi connectivity index (χ2n) is 5.58. The van der Waals surface area contributed by atoms with Gasteiger partial charge in [-0.05, 0) is 91.7 Å². The molecule has 0 unspecified atom stereocenters. The molecule has 0 fully saturated rings. The quantitative estimate of drug-likeness (QED) is 0.258. The molecule has 5 heteroatoms. The van der Waals surface area contributed by atoms with Gasteiger partial charge in [-0.2, -0.15) is 0 Å². The van der Waals surface area contributed by atoms with Gasteiger partial charge >= 0.3 is 0 Å². The number of aliphatic imine (C=N–C) groups is 1. The number of benzene rings is 2. The lowest BCUT2D eigenvalue weighted by Crippen LogP contribution is -2.20. The van der Waals surface area contributed by atoms with E-state index in [-0.39, 0.29) is 0 Å². The fourth-order valence-corrected chi connectivity index (χ4v) is 3.81. The molecule has 2 aromatic rings. The van der Waals surface area contributed by atoms with E-state index in [2.05, 4.69) is 87.4 Å². The van der Waals surface area contributed by atoms with Crippen LogP contribution < -0.4 is 4.74 Å². The summed E-state index contributed by atoms with van der Waals surface area (Å²) in [7, 11) is 0. The van der Waals surface area contributed by atoms with Gasteiger partial charge in [0.05, 0.1) is 12.0 Å². The van der Waals surface area contributed by atoms with Gasteiger partial charge in [0.25, 0.3) is 0 Å². The fraction of sp³-hybridized carbons (Fsp3) is 0.316. The summed E-state index contributed by atoms with van der Waals surface area (Å²) in [6.45, 7) is 10.3. The van der Waals surface area contributed by atoms with E-state index in [1.54, 1.807) is 0 Å². The molecular formula is C19H22BrIN2O. The number of nitrogens with zero attached hydrogens (tertiary/aromatic N) is 2. The molecule has 0 heterocycles. The van der Waals surface area contributed by atoms with E-state index in [1.807, 2.05) is 25.4 Å². The van der Waals surface area contributed by atoms with Crippen LogP contribution in [0.2, 0.25) is 0 Å². The number of aryl methyl sites for hydroxylation is 2. The fourth-order valence-electron chi connectivity index (χ4n) is 2.27. The lowest BCUT2D eigenvalue weighted by atomic mass is 10.1. The van der Waals surface area contributed by atoms with Gasteiger partial charge in [-0.15, -0.1) is 0 Å². The van der Waals surface area contributed by atoms with Crippen molar-refractivity contribution in [3.05, 3.63) is 49.5 Å². The molecule has 0 aromatic heterocycles. The van der Waals surface area contributed by atoms with E-state index < -0.39 is 0 Å². The van der Waals surface area contributed by atoms with Gasteiger partial charge in [0, 0.05) is 21.1 Å². The Balaban J connectivity index is 2.26. The van der Waals surface area contributed by atoms with Crippen molar-refractivity contribution in [3.8, 4) is 11.5 Å². The third-order valence-corrected chi connectivity index (χ3v) is 4.81. The summed E-state index contributed by atoms with van der Waals surface area (Å²) in [4.78, 5) is 6.79. The molecule has 0 bridgehead atoms. The highest BCUT2D eigenvalue weighted by atomic mass is 127. The number of halogens is 2. The monoisotopic (exact) mass is 500 g/mol. The summed E-state index contributed by atoms with van der Waals surface area (Å²) in [5, 5.41) is 0. The predicted octanol–water partition coefficient (Wildman–Crippen LogP) is 6.46. The number of ether oxygens (including phenoxy) is 1. The highest BCUT2D eigenvalue weighted by Crippen LogP contribution is 2.33. The number of hydrogen-bond donors (Lipinski definition) is 0. The van der Waals surface area contributed by atoms with Crippen LogP contribution in [0.5, 0.6) is 11.5 Å². The first-order chi connectivity index (χ1) is 11.4. The van der Waals surface area contributed by atoms with E-state index in [9.17, 15) is 0 Å². The van der Waals surface area contributed by atoms with Crippen molar-refractivity contribution in [2.45, 2.75) is 27.7 Å². The zero-order valence-corrected chi connectivity index (χ0v) is 18.2. The molecule has 0 amide bonds. The summed E-state index contributed by atoms with van der Waals surface area (Å²) in [6, 6.07) is 10.2. The van der Waals surface area contributed by atoms with Crippen LogP contribution in [0, 0.1) is 17.4 Å². The minimum Gasteiger partial charge on any atom is -0.457 e. The summed E-state index contributed by atoms with van der Waals surface area (Å²) in [5.74, 6) is 1.69. The first-order valence-electron chi connectivity index (χ1n) is 7.96. The average Bonchev–Trinajstić information content (AvgIpc) is 2.51. The summed E-state index contributed by atoms with van der Waals surface area (Å²) in [5.41, 5.74) is 3.15. The second-order valence-corrected chi connectivity index (χ2v) is 7.74. The molecule has 0 aliphatic heterocycles. The van der Waals surface area contributed by atoms with Crippen LogP contribution in [0.15, 0.2) is 39.8 Å². The Bertz CT molecular complexity index is 722. The third kappa shape index (κ3) is 5.21. The molecule has 0 atom stereocenters. The maximum atomic E-state index is 6.08. The Morgan fingerprint density at radius 2 is 1.79 bits per heavy atom. The average molecular weight is 501 g/mol. The van der Waals surface area contributed by atoms with Crippen molar-refractivity contribution < 1.29 is 4.74 Å². The zero-order chi connectivity index (χ0) is 17.7. The van der Waals surface area contributed by atoms with E-state index in [4.69, 9.17) is 4.74 Å². The van der Waals surface area contributed by atoms with Crippen molar-refractivity contribution in [1.29, 1.82) is 0 Å². The summed E-state index contributed by atoms with van der Waals surface area (Å²) in [6.07, 6.45) is 1.92. The van der Waals surface area contributed by atoms with Crippen LogP contribution in [0.3, 0.4) is 0 Å². The lowest BCUT2D eigenvalue weighted by molar-refractivity contribution is 0.477. The Labute approximate surface area is 166 Å². The van der Waals surface area contributed by atoms with Crippen molar-refractivity contribution in [2.24, 2.45) is 4.99 Å². The summed E-state index contributed by atoms with van der Waals surface area (Å²) >= 11 is 5.79. The maximum Gasteiger partial charge on any atom is 0.130 e. The Morgan fingerprint density at radius 3 is 2.42 bits per heavy atom. The topological polar surface area (TPSA) is 24.8 Å². The van der Waals surface area contributed by atoms with E-state index in [0.717, 1.165) is 49.4 Å². The zero-order valence-electron chi connectivity index (χ0n) is 14.4. The van der Waals surface area contributed by atoms with Crippen LogP contribution in [-0.2, 0) is 0 Å². The van der Waals surface area contributed by atoms with Gasteiger partial charge in [0.15, 0.2) is 0 Å². The van der Waals surface area contributed by atoms with Crippen LogP contribution in [0.25, 0.3) is 0 Å². The normalized spacial score (nSPS) is 11.1. The molecule has 128 valence electrons. The Morgan fingerprint density at radius 1 is 1.08 bits per heavy atom. The maximum absolute atomic E-state index is 6.08. The van der Waals surface area contributed by atoms with Gasteiger partial charge in [-0.3, -0.25) is 0 Å². The van der Waals surface area contributed by atoms with Crippen molar-refractivity contribution in [2.75, 3.05) is 13.1 Å². The lowest BCUT2D eigenvalue weighted by Gasteiger charge is -2.15. The molecule has 0 radical (unpaired) electrons. The molecule has 24 heavy (non-hydrogen) atoms. The number of rotatable bonds is 6. The minimum absolute atomic E-state index is 0.829. The van der Waals surface area contributed by atoms with Crippen molar-refractivity contribution in [3.63, 3.8) is 0 Å². The molecule has 0 saturated heterocycles. The molecule has 0 aliphatic carbocycles. The SMILES string of the molecule is CCN(/C=N/c1cc(C)c(Oc2cc(Br)cc(I)c2)cc1C)CC. The van der Waals surface area contributed by atoms with E-state index >= 15 is 0 Å². The van der Waals surface area contributed by atoms with Crippen LogP contribution >= 0.6 is 38.5 Å². The molecule has 0 spiro atoms. The molecule has 2 rings (SSSR count). The smallest absolute Gasteiger partial charge is 0.130 e. The van der Waals surface area contributed by atoms with Crippen LogP contribution in [0.4, 0.5) is 5.69 Å². The Kier molecular flexibility index (Phi) is 7.10. The highest BCUT2D eigenvalue weighted by molar-refractivity contribution is 14.1. The van der Waals surface area contributed by atoms with Crippen LogP contribution in [0.1, 0.15) is 25.0 Å². The van der Waals surface area contributed by atoms with E-state index in [0.29, 0.717) is 0 Å². The van der Waals surface area contributed by atoms with Gasteiger partial charge in [0.1, 0.15) is 11.5 Å². The third-order valence-electron chi connectivity index (χ3n) is 3.73. The minimum atomic E-state index is 0.829. The number of hydrogen-bond acceptors (Lipinski definition) is 2. The van der Waals surface area contributed by atoms with Crippen molar-refractivity contribution >= 4 is 50.5 Å². The molecule has 0 saturated carbocycles.